The largest absolute Gasteiger partial charge is 0.497 e. The highest BCUT2D eigenvalue weighted by molar-refractivity contribution is 14.0. The third-order valence-electron chi connectivity index (χ3n) is 5.09. The van der Waals surface area contributed by atoms with Gasteiger partial charge in [0.25, 0.3) is 0 Å². The predicted octanol–water partition coefficient (Wildman–Crippen LogP) is 3.70. The van der Waals surface area contributed by atoms with E-state index in [-0.39, 0.29) is 24.0 Å². The molecule has 0 aromatic heterocycles. The van der Waals surface area contributed by atoms with E-state index >= 15 is 0 Å². The standard InChI is InChI=1S/C23H32N4O2.HI/c1-4-24-23(25-12-10-18-8-6-5-7-9-18)26-19-11-13-27(17-19)20-14-21(28-2)16-22(15-20)29-3;/h5-9,14-16,19H,4,10-13,17H2,1-3H3,(H2,24,25,26);1H. The van der Waals surface area contributed by atoms with Gasteiger partial charge >= 0.3 is 0 Å². The quantitative estimate of drug-likeness (QED) is 0.314. The molecule has 164 valence electrons. The average Bonchev–Trinajstić information content (AvgIpc) is 3.23. The minimum absolute atomic E-state index is 0. The molecule has 1 atom stereocenters. The summed E-state index contributed by atoms with van der Waals surface area (Å²) in [6.45, 7) is 5.61. The number of anilines is 1. The number of hydrogen-bond acceptors (Lipinski definition) is 4. The van der Waals surface area contributed by atoms with E-state index in [9.17, 15) is 0 Å². The molecule has 1 unspecified atom stereocenters. The van der Waals surface area contributed by atoms with Crippen LogP contribution in [-0.4, -0.2) is 52.4 Å². The third kappa shape index (κ3) is 6.97. The topological polar surface area (TPSA) is 58.1 Å². The first-order valence-electron chi connectivity index (χ1n) is 10.3. The predicted molar refractivity (Wildman–Crippen MR) is 135 cm³/mol. The van der Waals surface area contributed by atoms with Crippen molar-refractivity contribution < 1.29 is 9.47 Å². The molecule has 3 rings (SSSR count). The second-order valence-corrected chi connectivity index (χ2v) is 7.14. The van der Waals surface area contributed by atoms with E-state index in [4.69, 9.17) is 14.5 Å². The van der Waals surface area contributed by atoms with Crippen molar-refractivity contribution in [2.45, 2.75) is 25.8 Å². The second-order valence-electron chi connectivity index (χ2n) is 7.14. The van der Waals surface area contributed by atoms with Crippen molar-refractivity contribution in [1.82, 2.24) is 10.6 Å². The van der Waals surface area contributed by atoms with E-state index in [2.05, 4.69) is 58.9 Å². The number of aliphatic imine (C=N–C) groups is 1. The van der Waals surface area contributed by atoms with E-state index in [1.54, 1.807) is 14.2 Å². The van der Waals surface area contributed by atoms with Crippen LogP contribution in [0.3, 0.4) is 0 Å². The van der Waals surface area contributed by atoms with E-state index in [1.807, 2.05) is 12.1 Å². The Morgan fingerprint density at radius 2 is 1.80 bits per heavy atom. The first kappa shape index (κ1) is 24.1. The summed E-state index contributed by atoms with van der Waals surface area (Å²) in [5.41, 5.74) is 2.43. The number of methoxy groups -OCH3 is 2. The number of rotatable bonds is 8. The van der Waals surface area contributed by atoms with Crippen LogP contribution in [0.5, 0.6) is 11.5 Å². The fraction of sp³-hybridized carbons (Fsp3) is 0.435. The highest BCUT2D eigenvalue weighted by Gasteiger charge is 2.24. The molecular weight excluding hydrogens is 491 g/mol. The van der Waals surface area contributed by atoms with Gasteiger partial charge in [0, 0.05) is 56.1 Å². The first-order chi connectivity index (χ1) is 14.2. The molecule has 2 N–H and O–H groups in total. The zero-order chi connectivity index (χ0) is 20.5. The molecule has 0 spiro atoms. The van der Waals surface area contributed by atoms with Gasteiger partial charge in [0.15, 0.2) is 5.96 Å². The molecule has 30 heavy (non-hydrogen) atoms. The van der Waals surface area contributed by atoms with E-state index in [1.165, 1.54) is 5.56 Å². The van der Waals surface area contributed by atoms with Crippen LogP contribution in [0, 0.1) is 0 Å². The molecule has 6 nitrogen and oxygen atoms in total. The van der Waals surface area contributed by atoms with Crippen molar-refractivity contribution in [3.8, 4) is 11.5 Å². The van der Waals surface area contributed by atoms with Crippen LogP contribution >= 0.6 is 24.0 Å². The van der Waals surface area contributed by atoms with Gasteiger partial charge in [0.1, 0.15) is 11.5 Å². The van der Waals surface area contributed by atoms with Crippen LogP contribution in [0.25, 0.3) is 0 Å². The van der Waals surface area contributed by atoms with Crippen molar-refractivity contribution in [3.05, 3.63) is 54.1 Å². The van der Waals surface area contributed by atoms with Crippen LogP contribution in [-0.2, 0) is 6.42 Å². The highest BCUT2D eigenvalue weighted by atomic mass is 127. The van der Waals surface area contributed by atoms with Gasteiger partial charge in [-0.25, -0.2) is 0 Å². The molecule has 0 amide bonds. The van der Waals surface area contributed by atoms with E-state index < -0.39 is 0 Å². The Morgan fingerprint density at radius 3 is 2.43 bits per heavy atom. The lowest BCUT2D eigenvalue weighted by Crippen LogP contribution is -2.44. The fourth-order valence-corrected chi connectivity index (χ4v) is 3.54. The van der Waals surface area contributed by atoms with Crippen molar-refractivity contribution >= 4 is 35.6 Å². The van der Waals surface area contributed by atoms with Crippen LogP contribution in [0.1, 0.15) is 18.9 Å². The Morgan fingerprint density at radius 1 is 1.10 bits per heavy atom. The molecule has 1 aliphatic rings. The average molecular weight is 524 g/mol. The summed E-state index contributed by atoms with van der Waals surface area (Å²) in [6.07, 6.45) is 2.00. The lowest BCUT2D eigenvalue weighted by molar-refractivity contribution is 0.394. The lowest BCUT2D eigenvalue weighted by Gasteiger charge is -2.21. The van der Waals surface area contributed by atoms with Crippen molar-refractivity contribution in [3.63, 3.8) is 0 Å². The number of halogens is 1. The molecule has 1 heterocycles. The number of guanidine groups is 1. The maximum Gasteiger partial charge on any atom is 0.191 e. The smallest absolute Gasteiger partial charge is 0.191 e. The normalized spacial score (nSPS) is 16.0. The Labute approximate surface area is 197 Å². The molecule has 0 saturated carbocycles. The van der Waals surface area contributed by atoms with E-state index in [0.717, 1.165) is 62.2 Å². The zero-order valence-corrected chi connectivity index (χ0v) is 20.4. The SMILES string of the molecule is CCNC(=NCCc1ccccc1)NC1CCN(c2cc(OC)cc(OC)c2)C1.I. The minimum atomic E-state index is 0. The Hall–Kier alpha value is -2.16. The van der Waals surface area contributed by atoms with Crippen molar-refractivity contribution in [1.29, 1.82) is 0 Å². The van der Waals surface area contributed by atoms with Gasteiger partial charge in [-0.3, -0.25) is 4.99 Å². The third-order valence-corrected chi connectivity index (χ3v) is 5.09. The maximum absolute atomic E-state index is 5.41. The molecule has 1 saturated heterocycles. The molecule has 0 bridgehead atoms. The maximum atomic E-state index is 5.41. The lowest BCUT2D eigenvalue weighted by atomic mass is 10.2. The monoisotopic (exact) mass is 524 g/mol. The minimum Gasteiger partial charge on any atom is -0.497 e. The van der Waals surface area contributed by atoms with Crippen molar-refractivity contribution in [2.75, 3.05) is 45.3 Å². The van der Waals surface area contributed by atoms with Gasteiger partial charge in [0.2, 0.25) is 0 Å². The summed E-state index contributed by atoms with van der Waals surface area (Å²) in [6, 6.07) is 16.8. The molecule has 2 aromatic carbocycles. The van der Waals surface area contributed by atoms with Crippen LogP contribution in [0.2, 0.25) is 0 Å². The van der Waals surface area contributed by atoms with E-state index in [0.29, 0.717) is 6.04 Å². The van der Waals surface area contributed by atoms with Gasteiger partial charge < -0.3 is 25.0 Å². The number of ether oxygens (including phenoxy) is 2. The summed E-state index contributed by atoms with van der Waals surface area (Å²) in [5.74, 6) is 2.51. The molecule has 0 radical (unpaired) electrons. The highest BCUT2D eigenvalue weighted by Crippen LogP contribution is 2.30. The first-order valence-corrected chi connectivity index (χ1v) is 10.3. The summed E-state index contributed by atoms with van der Waals surface area (Å²) in [4.78, 5) is 7.12. The van der Waals surface area contributed by atoms with Crippen molar-refractivity contribution in [2.24, 2.45) is 4.99 Å². The number of benzene rings is 2. The van der Waals surface area contributed by atoms with Gasteiger partial charge in [-0.05, 0) is 25.3 Å². The number of nitrogens with one attached hydrogen (secondary N) is 2. The molecular formula is C23H33IN4O2. The van der Waals surface area contributed by atoms with Crippen LogP contribution in [0.4, 0.5) is 5.69 Å². The van der Waals surface area contributed by atoms with Crippen LogP contribution < -0.4 is 25.0 Å². The van der Waals surface area contributed by atoms with Gasteiger partial charge in [-0.2, -0.15) is 0 Å². The van der Waals surface area contributed by atoms with Crippen LogP contribution in [0.15, 0.2) is 53.5 Å². The molecule has 7 heteroatoms. The molecule has 1 aliphatic heterocycles. The van der Waals surface area contributed by atoms with Gasteiger partial charge in [-0.1, -0.05) is 30.3 Å². The summed E-state index contributed by atoms with van der Waals surface area (Å²) in [7, 11) is 3.36. The second kappa shape index (κ2) is 12.5. The summed E-state index contributed by atoms with van der Waals surface area (Å²) < 4.78 is 10.8. The number of hydrogen-bond donors (Lipinski definition) is 2. The fourth-order valence-electron chi connectivity index (χ4n) is 3.54. The summed E-state index contributed by atoms with van der Waals surface area (Å²) in [5, 5.41) is 6.96. The van der Waals surface area contributed by atoms with Gasteiger partial charge in [0.05, 0.1) is 14.2 Å². The summed E-state index contributed by atoms with van der Waals surface area (Å²) >= 11 is 0. The zero-order valence-electron chi connectivity index (χ0n) is 18.1. The Balaban J connectivity index is 0.00000320. The molecule has 2 aromatic rings. The molecule has 0 aliphatic carbocycles. The Bertz CT molecular complexity index is 779. The van der Waals surface area contributed by atoms with Gasteiger partial charge in [-0.15, -0.1) is 24.0 Å². The Kier molecular flexibility index (Phi) is 10.1. The number of nitrogens with zero attached hydrogens (tertiary/aromatic N) is 2. The molecule has 1 fully saturated rings.